The molecule has 1 aromatic rings. The van der Waals surface area contributed by atoms with Crippen LogP contribution in [0.15, 0.2) is 36.4 Å². The van der Waals surface area contributed by atoms with Gasteiger partial charge in [-0.15, -0.1) is 0 Å². The Morgan fingerprint density at radius 3 is 2.80 bits per heavy atom. The van der Waals surface area contributed by atoms with Crippen LogP contribution in [0.5, 0.6) is 5.75 Å². The molecule has 0 radical (unpaired) electrons. The Hall–Kier alpha value is -1.93. The van der Waals surface area contributed by atoms with Crippen molar-refractivity contribution < 1.29 is 36.6 Å². The summed E-state index contributed by atoms with van der Waals surface area (Å²) in [7, 11) is 0. The van der Waals surface area contributed by atoms with Crippen molar-refractivity contribution in [1.29, 1.82) is 0 Å². The van der Waals surface area contributed by atoms with Crippen molar-refractivity contribution in [2.75, 3.05) is 13.2 Å². The molecule has 2 aliphatic rings. The summed E-state index contributed by atoms with van der Waals surface area (Å²) in [4.78, 5) is 12.1. The van der Waals surface area contributed by atoms with Gasteiger partial charge in [-0.1, -0.05) is 19.1 Å². The number of allylic oxidation sites excluding steroid dienone is 1. The van der Waals surface area contributed by atoms with E-state index >= 15 is 0 Å². The summed E-state index contributed by atoms with van der Waals surface area (Å²) in [6.07, 6.45) is -0.397. The van der Waals surface area contributed by atoms with Crippen LogP contribution in [0.25, 0.3) is 0 Å². The number of carbonyl (C=O) groups excluding carboxylic acids is 1. The maximum atomic E-state index is 14.5. The van der Waals surface area contributed by atoms with E-state index < -0.39 is 36.2 Å². The minimum absolute atomic E-state index is 0.0508. The first-order chi connectivity index (χ1) is 14.2. The number of ketones is 1. The molecule has 1 aliphatic carbocycles. The summed E-state index contributed by atoms with van der Waals surface area (Å²) in [6, 6.07) is 4.32. The van der Waals surface area contributed by atoms with Gasteiger partial charge in [-0.3, -0.25) is 4.79 Å². The zero-order valence-electron chi connectivity index (χ0n) is 16.7. The van der Waals surface area contributed by atoms with Crippen LogP contribution in [-0.4, -0.2) is 37.6 Å². The fourth-order valence-electron chi connectivity index (χ4n) is 3.84. The monoisotopic (exact) mass is 430 g/mol. The second-order valence-electron chi connectivity index (χ2n) is 7.80. The van der Waals surface area contributed by atoms with Crippen molar-refractivity contribution in [2.24, 2.45) is 11.8 Å². The zero-order chi connectivity index (χ0) is 21.7. The van der Waals surface area contributed by atoms with E-state index in [-0.39, 0.29) is 30.5 Å². The standard InChI is InChI=1S/C22H26F4O4/c1-14-18(19(23)12-20(14)30-21-7-2-3-10-28-21)9-8-16(27)13-29-17-6-4-5-15(11-17)22(24,25)26/h4-6,8-9,11,14,18-21H,2-3,7,10,12-13H2,1H3/b9-8+/t14-,18-,19+,20+,21?/m1/s1. The highest BCUT2D eigenvalue weighted by Gasteiger charge is 2.41. The third-order valence-electron chi connectivity index (χ3n) is 5.58. The summed E-state index contributed by atoms with van der Waals surface area (Å²) < 4.78 is 69.3. The molecule has 3 rings (SSSR count). The fourth-order valence-corrected chi connectivity index (χ4v) is 3.84. The molecule has 1 aromatic carbocycles. The van der Waals surface area contributed by atoms with Gasteiger partial charge in [0.2, 0.25) is 0 Å². The van der Waals surface area contributed by atoms with E-state index in [0.29, 0.717) is 6.61 Å². The lowest BCUT2D eigenvalue weighted by Crippen LogP contribution is -2.30. The topological polar surface area (TPSA) is 44.8 Å². The summed E-state index contributed by atoms with van der Waals surface area (Å²) >= 11 is 0. The van der Waals surface area contributed by atoms with E-state index in [0.717, 1.165) is 31.4 Å². The summed E-state index contributed by atoms with van der Waals surface area (Å²) in [5.41, 5.74) is -0.851. The molecular formula is C22H26F4O4. The molecule has 2 fully saturated rings. The highest BCUT2D eigenvalue weighted by atomic mass is 19.4. The molecule has 30 heavy (non-hydrogen) atoms. The Balaban J connectivity index is 1.50. The average Bonchev–Trinajstić information content (AvgIpc) is 2.98. The highest BCUT2D eigenvalue weighted by molar-refractivity contribution is 5.91. The predicted molar refractivity (Wildman–Crippen MR) is 102 cm³/mol. The lowest BCUT2D eigenvalue weighted by atomic mass is 9.95. The van der Waals surface area contributed by atoms with E-state index in [1.54, 1.807) is 0 Å². The molecule has 0 amide bonds. The molecule has 1 unspecified atom stereocenters. The van der Waals surface area contributed by atoms with Crippen LogP contribution in [0, 0.1) is 11.8 Å². The minimum Gasteiger partial charge on any atom is -0.485 e. The Morgan fingerprint density at radius 2 is 2.10 bits per heavy atom. The van der Waals surface area contributed by atoms with Gasteiger partial charge in [-0.05, 0) is 49.5 Å². The maximum absolute atomic E-state index is 14.5. The molecule has 1 aliphatic heterocycles. The first-order valence-electron chi connectivity index (χ1n) is 10.2. The third kappa shape index (κ3) is 6.04. The molecule has 0 N–H and O–H groups in total. The average molecular weight is 430 g/mol. The number of carbonyl (C=O) groups is 1. The van der Waals surface area contributed by atoms with E-state index in [4.69, 9.17) is 14.2 Å². The highest BCUT2D eigenvalue weighted by Crippen LogP contribution is 2.38. The number of alkyl halides is 4. The molecule has 0 spiro atoms. The second kappa shape index (κ2) is 9.92. The minimum atomic E-state index is -4.49. The van der Waals surface area contributed by atoms with Crippen LogP contribution >= 0.6 is 0 Å². The van der Waals surface area contributed by atoms with Crippen molar-refractivity contribution in [3.8, 4) is 5.75 Å². The third-order valence-corrected chi connectivity index (χ3v) is 5.58. The number of ether oxygens (including phenoxy) is 3. The quantitative estimate of drug-likeness (QED) is 0.445. The van der Waals surface area contributed by atoms with Crippen molar-refractivity contribution >= 4 is 5.78 Å². The lowest BCUT2D eigenvalue weighted by molar-refractivity contribution is -0.194. The van der Waals surface area contributed by atoms with Crippen LogP contribution in [0.2, 0.25) is 0 Å². The molecule has 5 atom stereocenters. The van der Waals surface area contributed by atoms with Crippen molar-refractivity contribution in [3.63, 3.8) is 0 Å². The van der Waals surface area contributed by atoms with Crippen molar-refractivity contribution in [2.45, 2.75) is 57.3 Å². The van der Waals surface area contributed by atoms with Gasteiger partial charge in [0.25, 0.3) is 0 Å². The maximum Gasteiger partial charge on any atom is 0.416 e. The van der Waals surface area contributed by atoms with E-state index in [1.165, 1.54) is 24.3 Å². The van der Waals surface area contributed by atoms with Crippen LogP contribution in [0.3, 0.4) is 0 Å². The lowest BCUT2D eigenvalue weighted by Gasteiger charge is -2.28. The van der Waals surface area contributed by atoms with Gasteiger partial charge in [0.05, 0.1) is 11.7 Å². The van der Waals surface area contributed by atoms with Crippen molar-refractivity contribution in [3.05, 3.63) is 42.0 Å². The van der Waals surface area contributed by atoms with Gasteiger partial charge >= 0.3 is 6.18 Å². The first kappa shape index (κ1) is 22.7. The summed E-state index contributed by atoms with van der Waals surface area (Å²) in [5.74, 6) is -1.10. The van der Waals surface area contributed by atoms with E-state index in [2.05, 4.69) is 0 Å². The first-order valence-corrected chi connectivity index (χ1v) is 10.2. The van der Waals surface area contributed by atoms with Gasteiger partial charge in [0, 0.05) is 18.9 Å². The smallest absolute Gasteiger partial charge is 0.416 e. The van der Waals surface area contributed by atoms with Crippen LogP contribution in [-0.2, 0) is 20.4 Å². The van der Waals surface area contributed by atoms with Crippen LogP contribution < -0.4 is 4.74 Å². The van der Waals surface area contributed by atoms with E-state index in [1.807, 2.05) is 6.92 Å². The van der Waals surface area contributed by atoms with Gasteiger partial charge < -0.3 is 14.2 Å². The molecule has 1 saturated heterocycles. The van der Waals surface area contributed by atoms with Crippen LogP contribution in [0.4, 0.5) is 17.6 Å². The Kier molecular flexibility index (Phi) is 7.52. The SMILES string of the molecule is C[C@@H]1[C@@H](/C=C/C(=O)COc2cccc(C(F)(F)F)c2)[C@@H](F)C[C@@H]1OC1CCCCO1. The molecular weight excluding hydrogens is 404 g/mol. The Bertz CT molecular complexity index is 743. The number of benzene rings is 1. The number of rotatable bonds is 7. The fraction of sp³-hybridized carbons (Fsp3) is 0.591. The summed E-state index contributed by atoms with van der Waals surface area (Å²) in [5, 5.41) is 0. The molecule has 166 valence electrons. The molecule has 8 heteroatoms. The van der Waals surface area contributed by atoms with Gasteiger partial charge in [0.15, 0.2) is 18.7 Å². The van der Waals surface area contributed by atoms with Gasteiger partial charge in [-0.2, -0.15) is 13.2 Å². The van der Waals surface area contributed by atoms with Gasteiger partial charge in [-0.25, -0.2) is 4.39 Å². The number of hydrogen-bond acceptors (Lipinski definition) is 4. The molecule has 1 saturated carbocycles. The molecule has 0 aromatic heterocycles. The molecule has 4 nitrogen and oxygen atoms in total. The Labute approximate surface area is 173 Å². The van der Waals surface area contributed by atoms with E-state index in [9.17, 15) is 22.4 Å². The largest absolute Gasteiger partial charge is 0.485 e. The van der Waals surface area contributed by atoms with Gasteiger partial charge in [0.1, 0.15) is 11.9 Å². The van der Waals surface area contributed by atoms with Crippen molar-refractivity contribution in [1.82, 2.24) is 0 Å². The molecule has 0 bridgehead atoms. The van der Waals surface area contributed by atoms with Crippen LogP contribution in [0.1, 0.15) is 38.2 Å². The Morgan fingerprint density at radius 1 is 1.30 bits per heavy atom. The second-order valence-corrected chi connectivity index (χ2v) is 7.80. The predicted octanol–water partition coefficient (Wildman–Crippen LogP) is 5.12. The molecule has 1 heterocycles. The normalized spacial score (nSPS) is 30.0. The summed E-state index contributed by atoms with van der Waals surface area (Å²) in [6.45, 7) is 2.10. The number of halogens is 4. The number of hydrogen-bond donors (Lipinski definition) is 0. The zero-order valence-corrected chi connectivity index (χ0v) is 16.7.